The normalized spacial score (nSPS) is 17.7. The first-order valence-corrected chi connectivity index (χ1v) is 12.1. The second-order valence-electron chi connectivity index (χ2n) is 8.97. The van der Waals surface area contributed by atoms with E-state index in [9.17, 15) is 4.79 Å². The highest BCUT2D eigenvalue weighted by Gasteiger charge is 2.33. The Hall–Kier alpha value is -3.48. The number of benzene rings is 1. The molecule has 35 heavy (non-hydrogen) atoms. The lowest BCUT2D eigenvalue weighted by Gasteiger charge is -2.45. The van der Waals surface area contributed by atoms with Gasteiger partial charge in [0.2, 0.25) is 0 Å². The Bertz CT molecular complexity index is 1500. The maximum atomic E-state index is 12.9. The van der Waals surface area contributed by atoms with Gasteiger partial charge >= 0.3 is 0 Å². The number of nitriles is 1. The molecule has 0 aliphatic carbocycles. The number of aromatic nitrogens is 5. The van der Waals surface area contributed by atoms with Crippen molar-refractivity contribution in [3.8, 4) is 6.07 Å². The van der Waals surface area contributed by atoms with E-state index < -0.39 is 0 Å². The van der Waals surface area contributed by atoms with E-state index >= 15 is 0 Å². The van der Waals surface area contributed by atoms with Crippen molar-refractivity contribution >= 4 is 39.4 Å². The maximum absolute atomic E-state index is 12.9. The van der Waals surface area contributed by atoms with Gasteiger partial charge in [0.1, 0.15) is 17.1 Å². The van der Waals surface area contributed by atoms with Gasteiger partial charge in [-0.3, -0.25) is 24.3 Å². The first kappa shape index (κ1) is 23.3. The van der Waals surface area contributed by atoms with Crippen LogP contribution in [0.3, 0.4) is 0 Å². The molecule has 9 nitrogen and oxygen atoms in total. The monoisotopic (exact) mass is 490 g/mol. The van der Waals surface area contributed by atoms with Crippen LogP contribution in [0.15, 0.2) is 41.6 Å². The van der Waals surface area contributed by atoms with E-state index in [-0.39, 0.29) is 29.2 Å². The van der Waals surface area contributed by atoms with Crippen LogP contribution in [0.5, 0.6) is 0 Å². The zero-order valence-electron chi connectivity index (χ0n) is 20.0. The molecule has 1 aliphatic rings. The topological polar surface area (TPSA) is 95.9 Å². The molecule has 1 saturated heterocycles. The molecule has 5 rings (SSSR count). The Labute approximate surface area is 208 Å². The number of pyridine rings is 1. The summed E-state index contributed by atoms with van der Waals surface area (Å²) in [5.74, 6) is 0. The summed E-state index contributed by atoms with van der Waals surface area (Å²) in [6.07, 6.45) is 6.11. The molecular formula is C25H27ClN8O. The third-order valence-corrected chi connectivity index (χ3v) is 7.39. The van der Waals surface area contributed by atoms with Gasteiger partial charge in [0, 0.05) is 51.2 Å². The summed E-state index contributed by atoms with van der Waals surface area (Å²) in [5.41, 5.74) is 4.71. The Morgan fingerprint density at radius 3 is 2.74 bits per heavy atom. The molecule has 0 bridgehead atoms. The first-order valence-electron chi connectivity index (χ1n) is 11.8. The van der Waals surface area contributed by atoms with Crippen molar-refractivity contribution in [2.24, 2.45) is 7.05 Å². The summed E-state index contributed by atoms with van der Waals surface area (Å²) in [5, 5.41) is 13.9. The Morgan fingerprint density at radius 1 is 1.23 bits per heavy atom. The van der Waals surface area contributed by atoms with Gasteiger partial charge in [0.25, 0.3) is 5.56 Å². The van der Waals surface area contributed by atoms with E-state index in [1.165, 1.54) is 10.1 Å². The summed E-state index contributed by atoms with van der Waals surface area (Å²) in [4.78, 5) is 26.4. The van der Waals surface area contributed by atoms with Crippen LogP contribution in [0, 0.1) is 11.3 Å². The van der Waals surface area contributed by atoms with Crippen LogP contribution in [0.4, 0.5) is 5.69 Å². The number of aryl methyl sites for hydroxylation is 1. The maximum Gasteiger partial charge on any atom is 0.271 e. The Balaban J connectivity index is 1.47. The molecule has 1 fully saturated rings. The highest BCUT2D eigenvalue weighted by molar-refractivity contribution is 6.34. The van der Waals surface area contributed by atoms with Gasteiger partial charge in [-0.25, -0.2) is 0 Å². The van der Waals surface area contributed by atoms with Crippen molar-refractivity contribution in [3.63, 3.8) is 0 Å². The summed E-state index contributed by atoms with van der Waals surface area (Å²) in [7, 11) is 1.68. The molecule has 4 heterocycles. The van der Waals surface area contributed by atoms with Gasteiger partial charge in [-0.2, -0.15) is 10.4 Å². The SMILES string of the molecule is CC[C@@H]1CN(c2c(Cl)c(=O)n(C)c3cn(CC#N)nc23)CCN1C(C)c1ccc2nccnc2c1. The quantitative estimate of drug-likeness (QED) is 0.422. The van der Waals surface area contributed by atoms with Crippen molar-refractivity contribution in [1.82, 2.24) is 29.2 Å². The second kappa shape index (κ2) is 9.29. The highest BCUT2D eigenvalue weighted by atomic mass is 35.5. The van der Waals surface area contributed by atoms with Crippen LogP contribution < -0.4 is 10.5 Å². The molecule has 0 N–H and O–H groups in total. The molecular weight excluding hydrogens is 464 g/mol. The smallest absolute Gasteiger partial charge is 0.271 e. The van der Waals surface area contributed by atoms with Crippen molar-refractivity contribution < 1.29 is 0 Å². The molecule has 4 aromatic rings. The molecule has 0 saturated carbocycles. The molecule has 10 heteroatoms. The highest BCUT2D eigenvalue weighted by Crippen LogP contribution is 2.35. The third kappa shape index (κ3) is 4.03. The zero-order valence-corrected chi connectivity index (χ0v) is 20.8. The van der Waals surface area contributed by atoms with Gasteiger partial charge in [-0.1, -0.05) is 24.6 Å². The van der Waals surface area contributed by atoms with E-state index in [2.05, 4.69) is 56.9 Å². The minimum Gasteiger partial charge on any atom is -0.365 e. The number of halogens is 1. The first-order chi connectivity index (χ1) is 16.9. The van der Waals surface area contributed by atoms with E-state index in [0.29, 0.717) is 23.3 Å². The van der Waals surface area contributed by atoms with Gasteiger partial charge in [-0.05, 0) is 31.0 Å². The lowest BCUT2D eigenvalue weighted by Crippen LogP contribution is -2.54. The van der Waals surface area contributed by atoms with Crippen molar-refractivity contribution in [2.45, 2.75) is 38.9 Å². The third-order valence-electron chi connectivity index (χ3n) is 7.05. The number of nitrogens with zero attached hydrogens (tertiary/aromatic N) is 8. The standard InChI is InChI=1S/C25H27ClN8O/c1-4-18-14-32(24-22(26)25(35)31(3)21-15-33(10-7-27)30-23(21)24)11-12-34(18)16(2)17-5-6-19-20(13-17)29-9-8-28-19/h5-6,8-9,13,15-16,18H,4,10-12,14H2,1-3H3/t16?,18-/m1/s1. The minimum absolute atomic E-state index is 0.110. The summed E-state index contributed by atoms with van der Waals surface area (Å²) < 4.78 is 3.06. The lowest BCUT2D eigenvalue weighted by molar-refractivity contribution is 0.124. The van der Waals surface area contributed by atoms with E-state index in [0.717, 1.165) is 30.5 Å². The van der Waals surface area contributed by atoms with Crippen LogP contribution in [0.1, 0.15) is 31.9 Å². The molecule has 0 amide bonds. The molecule has 1 unspecified atom stereocenters. The van der Waals surface area contributed by atoms with Crippen LogP contribution in [0.2, 0.25) is 5.02 Å². The number of anilines is 1. The number of rotatable bonds is 5. The van der Waals surface area contributed by atoms with E-state index in [4.69, 9.17) is 16.9 Å². The second-order valence-corrected chi connectivity index (χ2v) is 9.35. The summed E-state index contributed by atoms with van der Waals surface area (Å²) in [6, 6.07) is 8.84. The van der Waals surface area contributed by atoms with E-state index in [1.807, 2.05) is 6.07 Å². The van der Waals surface area contributed by atoms with E-state index in [1.54, 1.807) is 30.3 Å². The largest absolute Gasteiger partial charge is 0.365 e. The Morgan fingerprint density at radius 2 is 2.00 bits per heavy atom. The zero-order chi connectivity index (χ0) is 24.7. The summed E-state index contributed by atoms with van der Waals surface area (Å²) >= 11 is 6.62. The summed E-state index contributed by atoms with van der Waals surface area (Å²) in [6.45, 7) is 6.76. The molecule has 1 aliphatic heterocycles. The molecule has 1 aromatic carbocycles. The van der Waals surface area contributed by atoms with Gasteiger partial charge in [0.15, 0.2) is 0 Å². The molecule has 0 radical (unpaired) electrons. The molecule has 0 spiro atoms. The van der Waals surface area contributed by atoms with Gasteiger partial charge < -0.3 is 9.47 Å². The van der Waals surface area contributed by atoms with Crippen LogP contribution in [0.25, 0.3) is 22.1 Å². The van der Waals surface area contributed by atoms with Crippen molar-refractivity contribution in [3.05, 3.63) is 57.7 Å². The fourth-order valence-electron chi connectivity index (χ4n) is 5.11. The fraction of sp³-hybridized carbons (Fsp3) is 0.400. The Kier molecular flexibility index (Phi) is 6.17. The van der Waals surface area contributed by atoms with Crippen molar-refractivity contribution in [2.75, 3.05) is 24.5 Å². The van der Waals surface area contributed by atoms with Gasteiger partial charge in [-0.15, -0.1) is 0 Å². The van der Waals surface area contributed by atoms with Crippen LogP contribution in [-0.4, -0.2) is 54.9 Å². The molecule has 3 aromatic heterocycles. The number of fused-ring (bicyclic) bond motifs is 2. The van der Waals surface area contributed by atoms with Gasteiger partial charge in [0.05, 0.1) is 34.5 Å². The lowest BCUT2D eigenvalue weighted by atomic mass is 10.0. The number of hydrogen-bond donors (Lipinski definition) is 0. The predicted molar refractivity (Wildman–Crippen MR) is 137 cm³/mol. The number of hydrogen-bond acceptors (Lipinski definition) is 7. The van der Waals surface area contributed by atoms with Crippen molar-refractivity contribution in [1.29, 1.82) is 5.26 Å². The molecule has 180 valence electrons. The minimum atomic E-state index is -0.258. The average molecular weight is 491 g/mol. The average Bonchev–Trinajstić information content (AvgIpc) is 3.30. The number of piperazine rings is 1. The molecule has 2 atom stereocenters. The van der Waals surface area contributed by atoms with Crippen LogP contribution in [-0.2, 0) is 13.6 Å². The predicted octanol–water partition coefficient (Wildman–Crippen LogP) is 3.52. The fourth-order valence-corrected chi connectivity index (χ4v) is 5.44. The van der Waals surface area contributed by atoms with Crippen LogP contribution >= 0.6 is 11.6 Å².